The van der Waals surface area contributed by atoms with Crippen molar-refractivity contribution in [1.29, 1.82) is 0 Å². The van der Waals surface area contributed by atoms with Crippen molar-refractivity contribution in [2.75, 3.05) is 4.90 Å². The van der Waals surface area contributed by atoms with Crippen molar-refractivity contribution in [3.63, 3.8) is 0 Å². The highest BCUT2D eigenvalue weighted by atomic mass is 32.2. The number of anilines is 1. The number of benzene rings is 3. The Kier molecular flexibility index (Phi) is 6.16. The van der Waals surface area contributed by atoms with Gasteiger partial charge in [0.1, 0.15) is 0 Å². The van der Waals surface area contributed by atoms with Crippen molar-refractivity contribution < 1.29 is 13.2 Å². The Morgan fingerprint density at radius 3 is 2.12 bits per heavy atom. The SMILES string of the molecule is NS(=O)(=O)c1ccc(CC(=O)N(Cc2ccccc2)c2cc(-c3ccccc3)[nH]n2)cc1. The van der Waals surface area contributed by atoms with Crippen molar-refractivity contribution in [2.45, 2.75) is 17.9 Å². The third-order valence-corrected chi connectivity index (χ3v) is 5.95. The zero-order chi connectivity index (χ0) is 22.6. The molecule has 4 aromatic rings. The summed E-state index contributed by atoms with van der Waals surface area (Å²) in [7, 11) is -3.78. The van der Waals surface area contributed by atoms with E-state index < -0.39 is 10.0 Å². The molecule has 0 atom stereocenters. The molecule has 162 valence electrons. The predicted octanol–water partition coefficient (Wildman–Crippen LogP) is 3.50. The van der Waals surface area contributed by atoms with Gasteiger partial charge in [0, 0.05) is 6.07 Å². The van der Waals surface area contributed by atoms with Crippen molar-refractivity contribution in [1.82, 2.24) is 10.2 Å². The number of H-pyrrole nitrogens is 1. The number of aromatic amines is 1. The highest BCUT2D eigenvalue weighted by Gasteiger charge is 2.20. The fraction of sp³-hybridized carbons (Fsp3) is 0.0833. The number of primary sulfonamides is 1. The van der Waals surface area contributed by atoms with Crippen LogP contribution in [-0.4, -0.2) is 24.5 Å². The van der Waals surface area contributed by atoms with Gasteiger partial charge in [-0.2, -0.15) is 5.10 Å². The van der Waals surface area contributed by atoms with E-state index in [9.17, 15) is 13.2 Å². The number of carbonyl (C=O) groups excluding carboxylic acids is 1. The molecule has 4 rings (SSSR count). The lowest BCUT2D eigenvalue weighted by Crippen LogP contribution is -2.32. The van der Waals surface area contributed by atoms with Crippen LogP contribution in [0.25, 0.3) is 11.3 Å². The van der Waals surface area contributed by atoms with E-state index >= 15 is 0 Å². The number of aromatic nitrogens is 2. The van der Waals surface area contributed by atoms with Gasteiger partial charge in [-0.25, -0.2) is 13.6 Å². The number of rotatable bonds is 7. The van der Waals surface area contributed by atoms with Gasteiger partial charge in [0.15, 0.2) is 5.82 Å². The number of nitrogens with zero attached hydrogens (tertiary/aromatic N) is 2. The average Bonchev–Trinajstić information content (AvgIpc) is 3.28. The molecule has 0 saturated heterocycles. The molecule has 3 aromatic carbocycles. The summed E-state index contributed by atoms with van der Waals surface area (Å²) in [5.41, 5.74) is 3.43. The predicted molar refractivity (Wildman–Crippen MR) is 123 cm³/mol. The Labute approximate surface area is 186 Å². The van der Waals surface area contributed by atoms with Gasteiger partial charge in [0.25, 0.3) is 0 Å². The number of amides is 1. The molecule has 0 fully saturated rings. The Morgan fingerprint density at radius 1 is 0.875 bits per heavy atom. The fourth-order valence-electron chi connectivity index (χ4n) is 3.34. The fourth-order valence-corrected chi connectivity index (χ4v) is 3.86. The molecule has 0 unspecified atom stereocenters. The summed E-state index contributed by atoms with van der Waals surface area (Å²) in [6, 6.07) is 27.3. The minimum absolute atomic E-state index is 0.00893. The first-order valence-corrected chi connectivity index (χ1v) is 11.5. The van der Waals surface area contributed by atoms with E-state index in [0.717, 1.165) is 16.8 Å². The molecule has 7 nitrogen and oxygen atoms in total. The largest absolute Gasteiger partial charge is 0.291 e. The van der Waals surface area contributed by atoms with E-state index in [-0.39, 0.29) is 17.2 Å². The van der Waals surface area contributed by atoms with Crippen LogP contribution in [0.4, 0.5) is 5.82 Å². The number of hydrogen-bond donors (Lipinski definition) is 2. The summed E-state index contributed by atoms with van der Waals surface area (Å²) in [4.78, 5) is 14.9. The molecular formula is C24H22N4O3S. The van der Waals surface area contributed by atoms with Crippen molar-refractivity contribution >= 4 is 21.7 Å². The van der Waals surface area contributed by atoms with Crippen molar-refractivity contribution in [3.05, 3.63) is 102 Å². The summed E-state index contributed by atoms with van der Waals surface area (Å²) in [6.45, 7) is 0.355. The van der Waals surface area contributed by atoms with E-state index in [1.165, 1.54) is 12.1 Å². The lowest BCUT2D eigenvalue weighted by Gasteiger charge is -2.20. The van der Waals surface area contributed by atoms with E-state index in [1.54, 1.807) is 17.0 Å². The van der Waals surface area contributed by atoms with Gasteiger partial charge < -0.3 is 0 Å². The average molecular weight is 447 g/mol. The molecule has 0 aliphatic carbocycles. The van der Waals surface area contributed by atoms with Crippen LogP contribution < -0.4 is 10.0 Å². The summed E-state index contributed by atoms with van der Waals surface area (Å²) < 4.78 is 22.9. The molecule has 0 radical (unpaired) electrons. The van der Waals surface area contributed by atoms with Gasteiger partial charge in [-0.05, 0) is 28.8 Å². The summed E-state index contributed by atoms with van der Waals surface area (Å²) in [5, 5.41) is 12.5. The quantitative estimate of drug-likeness (QED) is 0.453. The van der Waals surface area contributed by atoms with Gasteiger partial charge in [0.2, 0.25) is 15.9 Å². The Hall–Kier alpha value is -3.75. The highest BCUT2D eigenvalue weighted by molar-refractivity contribution is 7.89. The first-order valence-electron chi connectivity index (χ1n) is 9.97. The van der Waals surface area contributed by atoms with Gasteiger partial charge in [-0.1, -0.05) is 72.8 Å². The molecule has 8 heteroatoms. The van der Waals surface area contributed by atoms with Crippen LogP contribution in [-0.2, 0) is 27.8 Å². The van der Waals surface area contributed by atoms with Crippen LogP contribution >= 0.6 is 0 Å². The lowest BCUT2D eigenvalue weighted by atomic mass is 10.1. The zero-order valence-electron chi connectivity index (χ0n) is 17.2. The maximum absolute atomic E-state index is 13.3. The van der Waals surface area contributed by atoms with Crippen LogP contribution in [0.1, 0.15) is 11.1 Å². The maximum atomic E-state index is 13.3. The summed E-state index contributed by atoms with van der Waals surface area (Å²) in [5.74, 6) is 0.349. The number of nitrogens with two attached hydrogens (primary N) is 1. The Balaban J connectivity index is 1.61. The third-order valence-electron chi connectivity index (χ3n) is 5.02. The van der Waals surface area contributed by atoms with E-state index in [4.69, 9.17) is 5.14 Å². The van der Waals surface area contributed by atoms with E-state index in [0.29, 0.717) is 17.9 Å². The molecule has 0 spiro atoms. The summed E-state index contributed by atoms with van der Waals surface area (Å²) in [6.07, 6.45) is 0.0886. The van der Waals surface area contributed by atoms with Gasteiger partial charge in [-0.15, -0.1) is 0 Å². The molecular weight excluding hydrogens is 424 g/mol. The minimum atomic E-state index is -3.78. The minimum Gasteiger partial charge on any atom is -0.291 e. The molecule has 0 aliphatic heterocycles. The Bertz CT molecular complexity index is 1300. The normalized spacial score (nSPS) is 11.3. The molecule has 1 amide bonds. The zero-order valence-corrected chi connectivity index (χ0v) is 18.0. The molecule has 3 N–H and O–H groups in total. The van der Waals surface area contributed by atoms with Crippen molar-refractivity contribution in [2.24, 2.45) is 5.14 Å². The third kappa shape index (κ3) is 5.11. The van der Waals surface area contributed by atoms with Crippen LogP contribution in [0.15, 0.2) is 95.9 Å². The van der Waals surface area contributed by atoms with E-state index in [1.807, 2.05) is 66.7 Å². The maximum Gasteiger partial charge on any atom is 0.238 e. The molecule has 0 saturated carbocycles. The van der Waals surface area contributed by atoms with Crippen LogP contribution in [0, 0.1) is 0 Å². The second kappa shape index (κ2) is 9.17. The van der Waals surface area contributed by atoms with Gasteiger partial charge in [0.05, 0.1) is 23.6 Å². The number of hydrogen-bond acceptors (Lipinski definition) is 4. The van der Waals surface area contributed by atoms with Gasteiger partial charge >= 0.3 is 0 Å². The molecule has 1 aromatic heterocycles. The second-order valence-corrected chi connectivity index (χ2v) is 8.90. The van der Waals surface area contributed by atoms with E-state index in [2.05, 4.69) is 10.2 Å². The first-order chi connectivity index (χ1) is 15.4. The summed E-state index contributed by atoms with van der Waals surface area (Å²) >= 11 is 0. The Morgan fingerprint density at radius 2 is 1.50 bits per heavy atom. The number of sulfonamides is 1. The van der Waals surface area contributed by atoms with Gasteiger partial charge in [-0.3, -0.25) is 14.8 Å². The van der Waals surface area contributed by atoms with Crippen LogP contribution in [0.5, 0.6) is 0 Å². The number of carbonyl (C=O) groups is 1. The first kappa shape index (κ1) is 21.5. The standard InChI is InChI=1S/C24H22N4O3S/c25-32(30,31)21-13-11-18(12-14-21)15-24(29)28(17-19-7-3-1-4-8-19)23-16-22(26-27-23)20-9-5-2-6-10-20/h1-14,16H,15,17H2,(H,26,27)(H2,25,30,31). The molecule has 0 aliphatic rings. The molecule has 1 heterocycles. The number of nitrogens with one attached hydrogen (secondary N) is 1. The highest BCUT2D eigenvalue weighted by Crippen LogP contribution is 2.24. The lowest BCUT2D eigenvalue weighted by molar-refractivity contribution is -0.118. The second-order valence-electron chi connectivity index (χ2n) is 7.34. The van der Waals surface area contributed by atoms with Crippen molar-refractivity contribution in [3.8, 4) is 11.3 Å². The smallest absolute Gasteiger partial charge is 0.238 e. The van der Waals surface area contributed by atoms with Crippen LogP contribution in [0.3, 0.4) is 0 Å². The monoisotopic (exact) mass is 446 g/mol. The topological polar surface area (TPSA) is 109 Å². The molecule has 32 heavy (non-hydrogen) atoms. The van der Waals surface area contributed by atoms with Crippen LogP contribution in [0.2, 0.25) is 0 Å². The molecule has 0 bridgehead atoms.